The fourth-order valence-corrected chi connectivity index (χ4v) is 6.92. The van der Waals surface area contributed by atoms with Gasteiger partial charge < -0.3 is 15.2 Å². The van der Waals surface area contributed by atoms with Crippen LogP contribution in [0.5, 0.6) is 0 Å². The molecule has 2 saturated heterocycles. The van der Waals surface area contributed by atoms with Crippen molar-refractivity contribution in [2.45, 2.75) is 69.3 Å². The first-order chi connectivity index (χ1) is 19.9. The van der Waals surface area contributed by atoms with Crippen LogP contribution in [0.4, 0.5) is 14.5 Å². The number of nitrogens with zero attached hydrogens (tertiary/aromatic N) is 5. The molecule has 0 amide bonds. The molecular weight excluding hydrogens is 641 g/mol. The highest BCUT2D eigenvalue weighted by Gasteiger charge is 2.41. The Morgan fingerprint density at radius 2 is 2.02 bits per heavy atom. The van der Waals surface area contributed by atoms with Gasteiger partial charge in [0.15, 0.2) is 6.23 Å². The second-order valence-corrected chi connectivity index (χ2v) is 12.8. The first-order valence-electron chi connectivity index (χ1n) is 14.7. The minimum Gasteiger partial charge on any atom is -0.390 e. The molecule has 0 spiro atoms. The summed E-state index contributed by atoms with van der Waals surface area (Å²) in [5, 5.41) is 18.7. The molecule has 2 N–H and O–H groups in total. The predicted octanol–water partition coefficient (Wildman–Crippen LogP) is 5.02. The molecule has 3 atom stereocenters. The van der Waals surface area contributed by atoms with Gasteiger partial charge in [-0.05, 0) is 74.9 Å². The van der Waals surface area contributed by atoms with Crippen LogP contribution in [0.15, 0.2) is 36.7 Å². The van der Waals surface area contributed by atoms with Crippen LogP contribution in [0, 0.1) is 0 Å². The number of halogens is 3. The zero-order valence-electron chi connectivity index (χ0n) is 23.5. The lowest BCUT2D eigenvalue weighted by atomic mass is 9.84. The van der Waals surface area contributed by atoms with Crippen molar-refractivity contribution in [1.82, 2.24) is 24.6 Å². The minimum atomic E-state index is -3.22. The van der Waals surface area contributed by atoms with Crippen molar-refractivity contribution < 1.29 is 18.6 Å². The topological polar surface area (TPSA) is 78.7 Å². The Kier molecular flexibility index (Phi) is 8.79. The molecule has 1 aromatic carbocycles. The molecule has 2 aromatic heterocycles. The zero-order chi connectivity index (χ0) is 28.6. The highest BCUT2D eigenvalue weighted by Crippen LogP contribution is 2.42. The number of aliphatic hydroxyl groups is 1. The van der Waals surface area contributed by atoms with Crippen LogP contribution in [0.2, 0.25) is 0 Å². The van der Waals surface area contributed by atoms with E-state index in [0.717, 1.165) is 78.9 Å². The van der Waals surface area contributed by atoms with Gasteiger partial charge in [-0.2, -0.15) is 5.10 Å². The summed E-state index contributed by atoms with van der Waals surface area (Å²) in [4.78, 5) is 9.06. The monoisotopic (exact) mass is 680 g/mol. The molecule has 3 aromatic rings. The summed E-state index contributed by atoms with van der Waals surface area (Å²) in [7, 11) is 0. The van der Waals surface area contributed by atoms with E-state index in [-0.39, 0.29) is 12.3 Å². The van der Waals surface area contributed by atoms with E-state index in [2.05, 4.69) is 32.8 Å². The van der Waals surface area contributed by atoms with Gasteiger partial charge in [-0.25, -0.2) is 13.5 Å². The number of hydrogen-bond acceptors (Lipinski definition) is 7. The van der Waals surface area contributed by atoms with Crippen LogP contribution < -0.4 is 5.32 Å². The number of nitrogens with one attached hydrogen (secondary N) is 1. The van der Waals surface area contributed by atoms with Gasteiger partial charge in [0.2, 0.25) is 0 Å². The molecule has 3 aliphatic rings. The second-order valence-electron chi connectivity index (χ2n) is 11.7. The summed E-state index contributed by atoms with van der Waals surface area (Å²) in [6.07, 6.45) is 8.56. The third-order valence-electron chi connectivity index (χ3n) is 8.70. The number of pyridine rings is 1. The number of aromatic nitrogens is 3. The number of ether oxygens (including phenoxy) is 1. The number of benzene rings is 1. The summed E-state index contributed by atoms with van der Waals surface area (Å²) in [5.41, 5.74) is 4.75. The SMILES string of the molecule is C[C@@H]1Cc2c(ccc3c2cnn3C2CCCCO2)[C@@H](c2ccc(NC3CN(CCCI)C3)cn2)N1CC(F)(F)CO. The molecule has 222 valence electrons. The van der Waals surface area contributed by atoms with Crippen molar-refractivity contribution in [1.29, 1.82) is 0 Å². The van der Waals surface area contributed by atoms with Crippen molar-refractivity contribution in [2.75, 3.05) is 49.1 Å². The van der Waals surface area contributed by atoms with Crippen molar-refractivity contribution in [2.24, 2.45) is 0 Å². The quantitative estimate of drug-likeness (QED) is 0.230. The van der Waals surface area contributed by atoms with Crippen LogP contribution in [0.25, 0.3) is 10.9 Å². The summed E-state index contributed by atoms with van der Waals surface area (Å²) < 4.78 is 38.4. The summed E-state index contributed by atoms with van der Waals surface area (Å²) in [6.45, 7) is 4.16. The predicted molar refractivity (Wildman–Crippen MR) is 164 cm³/mol. The smallest absolute Gasteiger partial charge is 0.283 e. The number of likely N-dealkylation sites (tertiary alicyclic amines) is 1. The number of fused-ring (bicyclic) bond motifs is 3. The molecule has 11 heteroatoms. The third kappa shape index (κ3) is 6.11. The van der Waals surface area contributed by atoms with E-state index >= 15 is 0 Å². The Morgan fingerprint density at radius 3 is 2.73 bits per heavy atom. The maximum Gasteiger partial charge on any atom is 0.283 e. The van der Waals surface area contributed by atoms with Gasteiger partial charge in [-0.1, -0.05) is 28.7 Å². The van der Waals surface area contributed by atoms with Crippen LogP contribution >= 0.6 is 22.6 Å². The zero-order valence-corrected chi connectivity index (χ0v) is 25.6. The average Bonchev–Trinajstić information content (AvgIpc) is 3.40. The van der Waals surface area contributed by atoms with Gasteiger partial charge in [0.25, 0.3) is 5.92 Å². The van der Waals surface area contributed by atoms with E-state index in [0.29, 0.717) is 12.5 Å². The Morgan fingerprint density at radius 1 is 1.17 bits per heavy atom. The molecule has 0 bridgehead atoms. The molecule has 0 aliphatic carbocycles. The number of anilines is 1. The van der Waals surface area contributed by atoms with Crippen LogP contribution in [-0.4, -0.2) is 91.5 Å². The van der Waals surface area contributed by atoms with E-state index < -0.39 is 25.1 Å². The average molecular weight is 681 g/mol. The van der Waals surface area contributed by atoms with Gasteiger partial charge in [0.1, 0.15) is 6.61 Å². The van der Waals surface area contributed by atoms with Crippen LogP contribution in [-0.2, 0) is 11.2 Å². The Labute approximate surface area is 253 Å². The minimum absolute atomic E-state index is 0.0772. The Bertz CT molecular complexity index is 1330. The van der Waals surface area contributed by atoms with E-state index in [1.54, 1.807) is 4.90 Å². The number of rotatable bonds is 10. The van der Waals surface area contributed by atoms with Gasteiger partial charge in [-0.3, -0.25) is 14.8 Å². The fourth-order valence-electron chi connectivity index (χ4n) is 6.58. The van der Waals surface area contributed by atoms with E-state index in [1.165, 1.54) is 10.8 Å². The Balaban J connectivity index is 1.30. The van der Waals surface area contributed by atoms with Gasteiger partial charge in [0.05, 0.1) is 47.9 Å². The highest BCUT2D eigenvalue weighted by molar-refractivity contribution is 14.1. The molecule has 3 aliphatic heterocycles. The first kappa shape index (κ1) is 29.2. The molecular formula is C30H39F2IN6O2. The maximum absolute atomic E-state index is 14.6. The summed E-state index contributed by atoms with van der Waals surface area (Å²) in [5.74, 6) is -3.22. The van der Waals surface area contributed by atoms with Crippen molar-refractivity contribution in [3.05, 3.63) is 53.5 Å². The van der Waals surface area contributed by atoms with Crippen molar-refractivity contribution >= 4 is 39.2 Å². The summed E-state index contributed by atoms with van der Waals surface area (Å²) >= 11 is 2.42. The highest BCUT2D eigenvalue weighted by atomic mass is 127. The number of hydrogen-bond donors (Lipinski definition) is 2. The van der Waals surface area contributed by atoms with Gasteiger partial charge >= 0.3 is 0 Å². The molecule has 5 heterocycles. The molecule has 0 radical (unpaired) electrons. The maximum atomic E-state index is 14.6. The van der Waals surface area contributed by atoms with Crippen LogP contribution in [0.1, 0.15) is 61.7 Å². The lowest BCUT2D eigenvalue weighted by Gasteiger charge is -2.43. The fraction of sp³-hybridized carbons (Fsp3) is 0.600. The lowest BCUT2D eigenvalue weighted by Crippen LogP contribution is -2.54. The van der Waals surface area contributed by atoms with Gasteiger partial charge in [-0.15, -0.1) is 0 Å². The molecule has 0 saturated carbocycles. The van der Waals surface area contributed by atoms with E-state index in [1.807, 2.05) is 48.3 Å². The molecule has 2 fully saturated rings. The molecule has 6 rings (SSSR count). The normalized spacial score (nSPS) is 24.4. The van der Waals surface area contributed by atoms with Gasteiger partial charge in [0, 0.05) is 35.6 Å². The second kappa shape index (κ2) is 12.4. The standard InChI is InChI=1S/C30H39F2IN6O2/c1-20-13-24-23(7-9-27-25(24)15-35-39(27)28-5-2-3-12-41-28)29(38(20)18-30(31,32)19-40)26-8-6-21(14-34-26)36-22-16-37(17-22)11-4-10-33/h6-9,14-15,20,22,28-29,36,40H,2-5,10-13,16-19H2,1H3/t20-,28?,29+/m1/s1. The number of alkyl halides is 3. The van der Waals surface area contributed by atoms with Crippen LogP contribution in [0.3, 0.4) is 0 Å². The molecule has 1 unspecified atom stereocenters. The molecule has 8 nitrogen and oxygen atoms in total. The largest absolute Gasteiger partial charge is 0.390 e. The first-order valence-corrected chi connectivity index (χ1v) is 16.3. The third-order valence-corrected chi connectivity index (χ3v) is 9.46. The molecule has 41 heavy (non-hydrogen) atoms. The van der Waals surface area contributed by atoms with Crippen molar-refractivity contribution in [3.63, 3.8) is 0 Å². The lowest BCUT2D eigenvalue weighted by molar-refractivity contribution is -0.0864. The summed E-state index contributed by atoms with van der Waals surface area (Å²) in [6, 6.07) is 7.79. The number of aliphatic hydroxyl groups excluding tert-OH is 1. The van der Waals surface area contributed by atoms with E-state index in [4.69, 9.17) is 14.8 Å². The Hall–Kier alpha value is -1.93. The van der Waals surface area contributed by atoms with Crippen molar-refractivity contribution in [3.8, 4) is 0 Å². The van der Waals surface area contributed by atoms with E-state index in [9.17, 15) is 13.9 Å².